The summed E-state index contributed by atoms with van der Waals surface area (Å²) in [5.41, 5.74) is 4.96. The first-order valence-electron chi connectivity index (χ1n) is 11.3. The second-order valence-corrected chi connectivity index (χ2v) is 8.55. The minimum atomic E-state index is 0.107. The Bertz CT molecular complexity index is 1290. The van der Waals surface area contributed by atoms with E-state index in [2.05, 4.69) is 33.7 Å². The first kappa shape index (κ1) is 21.0. The molecule has 0 unspecified atom stereocenters. The highest BCUT2D eigenvalue weighted by Crippen LogP contribution is 2.24. The van der Waals surface area contributed by atoms with Gasteiger partial charge < -0.3 is 9.47 Å². The molecule has 0 atom stereocenters. The monoisotopic (exact) mass is 434 g/mol. The van der Waals surface area contributed by atoms with Crippen LogP contribution in [0.1, 0.15) is 27.0 Å². The molecule has 4 aromatic rings. The number of rotatable bonds is 5. The number of nitrogens with zero attached hydrogens (tertiary/aromatic N) is 4. The van der Waals surface area contributed by atoms with E-state index < -0.39 is 0 Å². The van der Waals surface area contributed by atoms with Crippen LogP contribution in [0.25, 0.3) is 10.9 Å². The first-order valence-corrected chi connectivity index (χ1v) is 11.3. The summed E-state index contributed by atoms with van der Waals surface area (Å²) in [4.78, 5) is 17.8. The molecule has 1 aromatic heterocycles. The van der Waals surface area contributed by atoms with Crippen LogP contribution in [0.5, 0.6) is 0 Å². The first-order chi connectivity index (χ1) is 16.2. The number of nitriles is 1. The van der Waals surface area contributed by atoms with Crippen molar-refractivity contribution in [1.82, 2.24) is 14.4 Å². The van der Waals surface area contributed by atoms with E-state index in [-0.39, 0.29) is 5.91 Å². The molecule has 0 radical (unpaired) electrons. The number of hydrogen-bond acceptors (Lipinski definition) is 3. The van der Waals surface area contributed by atoms with Crippen molar-refractivity contribution in [3.05, 3.63) is 107 Å². The number of aromatic nitrogens is 1. The minimum Gasteiger partial charge on any atom is -0.342 e. The highest BCUT2D eigenvalue weighted by Gasteiger charge is 2.25. The summed E-state index contributed by atoms with van der Waals surface area (Å²) in [7, 11) is 0. The van der Waals surface area contributed by atoms with Crippen LogP contribution in [-0.4, -0.2) is 46.5 Å². The molecule has 33 heavy (non-hydrogen) atoms. The van der Waals surface area contributed by atoms with Crippen molar-refractivity contribution in [1.29, 1.82) is 5.26 Å². The van der Waals surface area contributed by atoms with Crippen LogP contribution in [-0.2, 0) is 13.1 Å². The lowest BCUT2D eigenvalue weighted by molar-refractivity contribution is 0.0630. The van der Waals surface area contributed by atoms with E-state index in [1.807, 2.05) is 71.8 Å². The van der Waals surface area contributed by atoms with E-state index in [0.29, 0.717) is 18.7 Å². The maximum absolute atomic E-state index is 13.5. The lowest BCUT2D eigenvalue weighted by Gasteiger charge is -2.34. The molecule has 0 aliphatic carbocycles. The Kier molecular flexibility index (Phi) is 5.93. The quantitative estimate of drug-likeness (QED) is 0.464. The predicted molar refractivity (Wildman–Crippen MR) is 130 cm³/mol. The lowest BCUT2D eigenvalue weighted by atomic mass is 10.1. The lowest BCUT2D eigenvalue weighted by Crippen LogP contribution is -2.48. The predicted octanol–water partition coefficient (Wildman–Crippen LogP) is 4.52. The molecule has 3 aromatic carbocycles. The van der Waals surface area contributed by atoms with E-state index in [0.717, 1.165) is 42.6 Å². The molecule has 1 aliphatic heterocycles. The van der Waals surface area contributed by atoms with Crippen LogP contribution in [0, 0.1) is 11.3 Å². The molecule has 5 rings (SSSR count). The summed E-state index contributed by atoms with van der Waals surface area (Å²) in [6.45, 7) is 4.69. The maximum Gasteiger partial charge on any atom is 0.256 e. The van der Waals surface area contributed by atoms with Crippen molar-refractivity contribution in [3.63, 3.8) is 0 Å². The summed E-state index contributed by atoms with van der Waals surface area (Å²) >= 11 is 0. The van der Waals surface area contributed by atoms with E-state index in [1.165, 1.54) is 11.1 Å². The van der Waals surface area contributed by atoms with Crippen molar-refractivity contribution in [2.75, 3.05) is 26.2 Å². The topological polar surface area (TPSA) is 52.3 Å². The third-order valence-corrected chi connectivity index (χ3v) is 6.36. The van der Waals surface area contributed by atoms with Gasteiger partial charge in [0.25, 0.3) is 5.91 Å². The Balaban J connectivity index is 1.29. The molecule has 1 saturated heterocycles. The van der Waals surface area contributed by atoms with Crippen LogP contribution in [0.15, 0.2) is 85.1 Å². The summed E-state index contributed by atoms with van der Waals surface area (Å²) < 4.78 is 2.18. The number of benzene rings is 3. The highest BCUT2D eigenvalue weighted by molar-refractivity contribution is 6.07. The summed E-state index contributed by atoms with van der Waals surface area (Å²) in [6, 6.07) is 28.4. The van der Waals surface area contributed by atoms with Gasteiger partial charge in [0.15, 0.2) is 0 Å². The van der Waals surface area contributed by atoms with Gasteiger partial charge in [-0.05, 0) is 29.3 Å². The van der Waals surface area contributed by atoms with E-state index in [4.69, 9.17) is 5.26 Å². The smallest absolute Gasteiger partial charge is 0.256 e. The molecule has 5 nitrogen and oxygen atoms in total. The number of hydrogen-bond donors (Lipinski definition) is 0. The Morgan fingerprint density at radius 3 is 2.18 bits per heavy atom. The SMILES string of the molecule is N#Cc1ccc(CN2CCN(C(=O)c3cn(Cc4ccccc4)c4ccccc34)CC2)cc1. The number of para-hydroxylation sites is 1. The Hall–Kier alpha value is -3.88. The highest BCUT2D eigenvalue weighted by atomic mass is 16.2. The third-order valence-electron chi connectivity index (χ3n) is 6.36. The molecule has 1 aliphatic rings. The Morgan fingerprint density at radius 2 is 1.45 bits per heavy atom. The summed E-state index contributed by atoms with van der Waals surface area (Å²) in [6.07, 6.45) is 2.02. The van der Waals surface area contributed by atoms with Gasteiger partial charge in [0, 0.05) is 56.4 Å². The van der Waals surface area contributed by atoms with Gasteiger partial charge >= 0.3 is 0 Å². The zero-order chi connectivity index (χ0) is 22.6. The van der Waals surface area contributed by atoms with Gasteiger partial charge in [0.1, 0.15) is 0 Å². The van der Waals surface area contributed by atoms with Gasteiger partial charge in [-0.3, -0.25) is 9.69 Å². The largest absolute Gasteiger partial charge is 0.342 e. The van der Waals surface area contributed by atoms with Gasteiger partial charge in [0.05, 0.1) is 17.2 Å². The van der Waals surface area contributed by atoms with Gasteiger partial charge in [0.2, 0.25) is 0 Å². The zero-order valence-electron chi connectivity index (χ0n) is 18.5. The Labute approximate surface area is 194 Å². The van der Waals surface area contributed by atoms with Crippen molar-refractivity contribution in [3.8, 4) is 6.07 Å². The number of fused-ring (bicyclic) bond motifs is 1. The molecule has 2 heterocycles. The van der Waals surface area contributed by atoms with Crippen LogP contribution in [0.3, 0.4) is 0 Å². The number of piperazine rings is 1. The molecular formula is C28H26N4O. The average Bonchev–Trinajstić information content (AvgIpc) is 3.23. The molecule has 5 heteroatoms. The van der Waals surface area contributed by atoms with E-state index >= 15 is 0 Å². The fourth-order valence-electron chi connectivity index (χ4n) is 4.55. The number of carbonyl (C=O) groups excluding carboxylic acids is 1. The van der Waals surface area contributed by atoms with E-state index in [1.54, 1.807) is 0 Å². The summed E-state index contributed by atoms with van der Waals surface area (Å²) in [5.74, 6) is 0.107. The summed E-state index contributed by atoms with van der Waals surface area (Å²) in [5, 5.41) is 9.98. The normalized spacial score (nSPS) is 14.3. The maximum atomic E-state index is 13.5. The fraction of sp³-hybridized carbons (Fsp3) is 0.214. The molecule has 0 N–H and O–H groups in total. The van der Waals surface area contributed by atoms with Crippen LogP contribution >= 0.6 is 0 Å². The molecule has 0 saturated carbocycles. The Morgan fingerprint density at radius 1 is 0.788 bits per heavy atom. The number of carbonyl (C=O) groups is 1. The second-order valence-electron chi connectivity index (χ2n) is 8.55. The average molecular weight is 435 g/mol. The van der Waals surface area contributed by atoms with Crippen LogP contribution in [0.4, 0.5) is 0 Å². The van der Waals surface area contributed by atoms with Crippen LogP contribution in [0.2, 0.25) is 0 Å². The van der Waals surface area contributed by atoms with Gasteiger partial charge in [-0.25, -0.2) is 0 Å². The van der Waals surface area contributed by atoms with Crippen molar-refractivity contribution in [2.45, 2.75) is 13.1 Å². The van der Waals surface area contributed by atoms with Gasteiger partial charge in [-0.1, -0.05) is 60.7 Å². The minimum absolute atomic E-state index is 0.107. The zero-order valence-corrected chi connectivity index (χ0v) is 18.5. The second kappa shape index (κ2) is 9.32. The standard InChI is InChI=1S/C28H26N4O/c29-18-22-10-12-24(13-11-22)19-30-14-16-31(17-15-30)28(33)26-21-32(20-23-6-2-1-3-7-23)27-9-5-4-8-25(26)27/h1-13,21H,14-17,19-20H2. The van der Waals surface area contributed by atoms with Crippen molar-refractivity contribution >= 4 is 16.8 Å². The molecule has 164 valence electrons. The van der Waals surface area contributed by atoms with Crippen molar-refractivity contribution in [2.24, 2.45) is 0 Å². The molecule has 1 amide bonds. The molecule has 0 spiro atoms. The molecule has 1 fully saturated rings. The van der Waals surface area contributed by atoms with Crippen molar-refractivity contribution < 1.29 is 4.79 Å². The van der Waals surface area contributed by atoms with Gasteiger partial charge in [-0.2, -0.15) is 5.26 Å². The van der Waals surface area contributed by atoms with Crippen LogP contribution < -0.4 is 0 Å². The molecular weight excluding hydrogens is 408 g/mol. The number of amides is 1. The third kappa shape index (κ3) is 4.52. The van der Waals surface area contributed by atoms with Gasteiger partial charge in [-0.15, -0.1) is 0 Å². The van der Waals surface area contributed by atoms with E-state index in [9.17, 15) is 4.79 Å². The fourth-order valence-corrected chi connectivity index (χ4v) is 4.55. The molecule has 0 bridgehead atoms.